The number of hydrogen-bond donors (Lipinski definition) is 3. The molecule has 0 aliphatic rings. The summed E-state index contributed by atoms with van der Waals surface area (Å²) in [6.45, 7) is 6.13. The van der Waals surface area contributed by atoms with Gasteiger partial charge in [0.25, 0.3) is 0 Å². The van der Waals surface area contributed by atoms with Crippen molar-refractivity contribution in [2.24, 2.45) is 0 Å². The molecule has 0 unspecified atom stereocenters. The number of H-pyrrole nitrogens is 1. The Bertz CT molecular complexity index is 886. The summed E-state index contributed by atoms with van der Waals surface area (Å²) in [6, 6.07) is 9.30. The number of rotatable bonds is 4. The predicted molar refractivity (Wildman–Crippen MR) is 94.4 cm³/mol. The first-order valence-electron chi connectivity index (χ1n) is 7.72. The molecule has 6 nitrogen and oxygen atoms in total. The highest BCUT2D eigenvalue weighted by atomic mass is 16.5. The lowest BCUT2D eigenvalue weighted by atomic mass is 10.1. The van der Waals surface area contributed by atoms with Crippen molar-refractivity contribution in [3.05, 3.63) is 53.2 Å². The average Bonchev–Trinajstić information content (AvgIpc) is 3.02. The van der Waals surface area contributed by atoms with Gasteiger partial charge in [-0.05, 0) is 55.7 Å². The van der Waals surface area contributed by atoms with E-state index in [1.807, 2.05) is 45.0 Å². The number of amides is 2. The number of ether oxygens (including phenoxy) is 1. The molecular formula is C18H20N4O2. The van der Waals surface area contributed by atoms with Crippen molar-refractivity contribution < 1.29 is 9.53 Å². The fourth-order valence-electron chi connectivity index (χ4n) is 2.51. The maximum Gasteiger partial charge on any atom is 0.321 e. The Morgan fingerprint density at radius 3 is 2.79 bits per heavy atom. The van der Waals surface area contributed by atoms with Crippen molar-refractivity contribution in [3.63, 3.8) is 0 Å². The van der Waals surface area contributed by atoms with Crippen LogP contribution < -0.4 is 15.4 Å². The maximum absolute atomic E-state index is 12.0. The molecule has 3 rings (SSSR count). The van der Waals surface area contributed by atoms with Crippen LogP contribution in [0.2, 0.25) is 0 Å². The average molecular weight is 324 g/mol. The lowest BCUT2D eigenvalue weighted by Crippen LogP contribution is -2.32. The molecular weight excluding hydrogens is 304 g/mol. The zero-order valence-corrected chi connectivity index (χ0v) is 13.9. The van der Waals surface area contributed by atoms with E-state index in [0.29, 0.717) is 5.69 Å². The van der Waals surface area contributed by atoms with Crippen LogP contribution in [0.4, 0.5) is 10.5 Å². The Kier molecular flexibility index (Phi) is 4.37. The van der Waals surface area contributed by atoms with Crippen LogP contribution in [0.5, 0.6) is 5.75 Å². The fraction of sp³-hybridized carbons (Fsp3) is 0.222. The summed E-state index contributed by atoms with van der Waals surface area (Å²) in [5.41, 5.74) is 4.85. The van der Waals surface area contributed by atoms with Crippen LogP contribution in [0.1, 0.15) is 16.7 Å². The molecule has 0 spiro atoms. The number of anilines is 1. The Balaban J connectivity index is 1.57. The van der Waals surface area contributed by atoms with E-state index in [9.17, 15) is 4.79 Å². The Hall–Kier alpha value is -3.02. The van der Waals surface area contributed by atoms with E-state index in [-0.39, 0.29) is 12.8 Å². The number of nitrogens with one attached hydrogen (secondary N) is 3. The van der Waals surface area contributed by atoms with E-state index >= 15 is 0 Å². The summed E-state index contributed by atoms with van der Waals surface area (Å²) >= 11 is 0. The lowest BCUT2D eigenvalue weighted by molar-refractivity contribution is 0.234. The molecule has 3 aromatic rings. The summed E-state index contributed by atoms with van der Waals surface area (Å²) in [6.07, 6.45) is 1.74. The SMILES string of the molecule is Cc1ccc(C)c(OCNC(=O)Nc2ccc3cn[nH]c3c2)c1C. The Morgan fingerprint density at radius 2 is 1.96 bits per heavy atom. The summed E-state index contributed by atoms with van der Waals surface area (Å²) in [5.74, 6) is 0.814. The van der Waals surface area contributed by atoms with Gasteiger partial charge < -0.3 is 15.4 Å². The van der Waals surface area contributed by atoms with E-state index in [2.05, 4.69) is 26.9 Å². The zero-order chi connectivity index (χ0) is 17.1. The first-order chi connectivity index (χ1) is 11.5. The fourth-order valence-corrected chi connectivity index (χ4v) is 2.51. The minimum absolute atomic E-state index is 0.100. The molecule has 0 atom stereocenters. The molecule has 3 N–H and O–H groups in total. The van der Waals surface area contributed by atoms with Crippen molar-refractivity contribution in [2.75, 3.05) is 12.0 Å². The zero-order valence-electron chi connectivity index (χ0n) is 13.9. The predicted octanol–water partition coefficient (Wildman–Crippen LogP) is 3.65. The van der Waals surface area contributed by atoms with Crippen molar-refractivity contribution in [1.82, 2.24) is 15.5 Å². The number of aryl methyl sites for hydroxylation is 2. The van der Waals surface area contributed by atoms with Gasteiger partial charge in [0.2, 0.25) is 0 Å². The van der Waals surface area contributed by atoms with Crippen molar-refractivity contribution in [3.8, 4) is 5.75 Å². The van der Waals surface area contributed by atoms with Gasteiger partial charge in [0.1, 0.15) is 5.75 Å². The first-order valence-corrected chi connectivity index (χ1v) is 7.72. The van der Waals surface area contributed by atoms with Crippen molar-refractivity contribution >= 4 is 22.6 Å². The molecule has 6 heteroatoms. The van der Waals surface area contributed by atoms with Crippen LogP contribution in [-0.2, 0) is 0 Å². The van der Waals surface area contributed by atoms with Crippen LogP contribution in [0.25, 0.3) is 10.9 Å². The van der Waals surface area contributed by atoms with E-state index in [1.165, 1.54) is 0 Å². The number of hydrogen-bond acceptors (Lipinski definition) is 3. The van der Waals surface area contributed by atoms with Crippen LogP contribution in [-0.4, -0.2) is 23.0 Å². The molecule has 0 aliphatic heterocycles. The van der Waals surface area contributed by atoms with Gasteiger partial charge in [-0.3, -0.25) is 5.10 Å². The van der Waals surface area contributed by atoms with Gasteiger partial charge in [-0.2, -0.15) is 5.10 Å². The quantitative estimate of drug-likeness (QED) is 0.641. The third-order valence-corrected chi connectivity index (χ3v) is 4.02. The molecule has 124 valence electrons. The van der Waals surface area contributed by atoms with Crippen LogP contribution in [0, 0.1) is 20.8 Å². The Morgan fingerprint density at radius 1 is 1.17 bits per heavy atom. The van der Waals surface area contributed by atoms with Gasteiger partial charge in [-0.15, -0.1) is 0 Å². The summed E-state index contributed by atoms with van der Waals surface area (Å²) in [4.78, 5) is 12.0. The second-order valence-electron chi connectivity index (χ2n) is 5.75. The summed E-state index contributed by atoms with van der Waals surface area (Å²) in [5, 5.41) is 13.3. The number of aromatic nitrogens is 2. The van der Waals surface area contributed by atoms with Gasteiger partial charge in [0, 0.05) is 11.1 Å². The maximum atomic E-state index is 12.0. The standard InChI is InChI=1S/C18H20N4O2/c1-11-4-5-12(2)17(13(11)3)24-10-19-18(23)21-15-7-6-14-9-20-22-16(14)8-15/h4-9H,10H2,1-3H3,(H,20,22)(H2,19,21,23). The number of carbonyl (C=O) groups excluding carboxylic acids is 1. The number of benzene rings is 2. The molecule has 0 saturated carbocycles. The van der Waals surface area contributed by atoms with E-state index < -0.39 is 0 Å². The van der Waals surface area contributed by atoms with Gasteiger partial charge >= 0.3 is 6.03 Å². The molecule has 0 radical (unpaired) electrons. The van der Waals surface area contributed by atoms with Gasteiger partial charge in [-0.25, -0.2) is 4.79 Å². The second-order valence-corrected chi connectivity index (χ2v) is 5.75. The van der Waals surface area contributed by atoms with Crippen molar-refractivity contribution in [1.29, 1.82) is 0 Å². The van der Waals surface area contributed by atoms with Crippen LogP contribution >= 0.6 is 0 Å². The largest absolute Gasteiger partial charge is 0.473 e. The molecule has 2 aromatic carbocycles. The Labute approximate surface area is 140 Å². The summed E-state index contributed by atoms with van der Waals surface area (Å²) in [7, 11) is 0. The minimum atomic E-state index is -0.322. The number of nitrogens with zero attached hydrogens (tertiary/aromatic N) is 1. The second kappa shape index (κ2) is 6.62. The number of urea groups is 1. The molecule has 24 heavy (non-hydrogen) atoms. The number of carbonyl (C=O) groups is 1. The molecule has 0 saturated heterocycles. The topological polar surface area (TPSA) is 79.0 Å². The third kappa shape index (κ3) is 3.32. The minimum Gasteiger partial charge on any atom is -0.473 e. The lowest BCUT2D eigenvalue weighted by Gasteiger charge is -2.14. The first kappa shape index (κ1) is 15.9. The van der Waals surface area contributed by atoms with Gasteiger partial charge in [0.05, 0.1) is 11.7 Å². The third-order valence-electron chi connectivity index (χ3n) is 4.02. The van der Waals surface area contributed by atoms with E-state index in [1.54, 1.807) is 6.20 Å². The van der Waals surface area contributed by atoms with Gasteiger partial charge in [-0.1, -0.05) is 12.1 Å². The van der Waals surface area contributed by atoms with Gasteiger partial charge in [0.15, 0.2) is 6.73 Å². The van der Waals surface area contributed by atoms with Crippen LogP contribution in [0.3, 0.4) is 0 Å². The highest BCUT2D eigenvalue weighted by Crippen LogP contribution is 2.25. The molecule has 0 bridgehead atoms. The van der Waals surface area contributed by atoms with Crippen LogP contribution in [0.15, 0.2) is 36.5 Å². The molecule has 1 heterocycles. The summed E-state index contributed by atoms with van der Waals surface area (Å²) < 4.78 is 5.73. The monoisotopic (exact) mass is 324 g/mol. The highest BCUT2D eigenvalue weighted by molar-refractivity contribution is 5.92. The molecule has 1 aromatic heterocycles. The van der Waals surface area contributed by atoms with E-state index in [0.717, 1.165) is 33.3 Å². The molecule has 0 fully saturated rings. The number of fused-ring (bicyclic) bond motifs is 1. The van der Waals surface area contributed by atoms with E-state index in [4.69, 9.17) is 4.74 Å². The van der Waals surface area contributed by atoms with Crippen molar-refractivity contribution in [2.45, 2.75) is 20.8 Å². The smallest absolute Gasteiger partial charge is 0.321 e. The number of aromatic amines is 1. The molecule has 0 aliphatic carbocycles. The normalized spacial score (nSPS) is 10.6. The highest BCUT2D eigenvalue weighted by Gasteiger charge is 2.08. The molecule has 2 amide bonds.